The molecular formula is C23H29Cl2N3O4S. The Morgan fingerprint density at radius 2 is 1.55 bits per heavy atom. The number of amides is 2. The number of aryl methyl sites for hydroxylation is 2. The van der Waals surface area contributed by atoms with Crippen molar-refractivity contribution < 1.29 is 18.0 Å². The first-order valence-electron chi connectivity index (χ1n) is 10.4. The van der Waals surface area contributed by atoms with Crippen LogP contribution in [-0.2, 0) is 26.2 Å². The quantitative estimate of drug-likeness (QED) is 0.550. The molecule has 1 unspecified atom stereocenters. The Hall–Kier alpha value is -2.29. The van der Waals surface area contributed by atoms with Gasteiger partial charge in [-0.3, -0.25) is 13.9 Å². The van der Waals surface area contributed by atoms with Gasteiger partial charge in [-0.25, -0.2) is 8.42 Å². The molecule has 10 heteroatoms. The van der Waals surface area contributed by atoms with Gasteiger partial charge in [0.05, 0.1) is 11.9 Å². The summed E-state index contributed by atoms with van der Waals surface area (Å²) in [5.74, 6) is -0.926. The second kappa shape index (κ2) is 11.2. The van der Waals surface area contributed by atoms with Crippen molar-refractivity contribution in [2.75, 3.05) is 23.7 Å². The molecule has 33 heavy (non-hydrogen) atoms. The first-order valence-corrected chi connectivity index (χ1v) is 13.0. The predicted octanol–water partition coefficient (Wildman–Crippen LogP) is 3.93. The van der Waals surface area contributed by atoms with Crippen LogP contribution in [0, 0.1) is 13.8 Å². The molecule has 2 rings (SSSR count). The number of benzene rings is 2. The SMILES string of the molecule is CCNC(=O)C(C)N(Cc1c(Cl)cccc1Cl)C(=O)CN(c1c(C)cccc1C)S(C)(=O)=O. The van der Waals surface area contributed by atoms with Gasteiger partial charge in [0.2, 0.25) is 21.8 Å². The highest BCUT2D eigenvalue weighted by Crippen LogP contribution is 2.29. The minimum absolute atomic E-state index is 0.0556. The maximum atomic E-state index is 13.5. The van der Waals surface area contributed by atoms with E-state index in [0.29, 0.717) is 39.0 Å². The van der Waals surface area contributed by atoms with Crippen LogP contribution in [0.4, 0.5) is 5.69 Å². The summed E-state index contributed by atoms with van der Waals surface area (Å²) in [7, 11) is -3.80. The van der Waals surface area contributed by atoms with Crippen LogP contribution in [0.2, 0.25) is 10.0 Å². The molecule has 7 nitrogen and oxygen atoms in total. The Balaban J connectivity index is 2.51. The van der Waals surface area contributed by atoms with Crippen LogP contribution < -0.4 is 9.62 Å². The topological polar surface area (TPSA) is 86.8 Å². The molecule has 0 aromatic heterocycles. The number of likely N-dealkylation sites (N-methyl/N-ethyl adjacent to an activating group) is 1. The van der Waals surface area contributed by atoms with Gasteiger partial charge < -0.3 is 10.2 Å². The Bertz CT molecular complexity index is 1100. The standard InChI is InChI=1S/C23H29Cl2N3O4S/c1-6-26-23(30)17(4)27(13-18-19(24)11-8-12-20(18)25)21(29)14-28(33(5,31)32)22-15(2)9-7-10-16(22)3/h7-12,17H,6,13-14H2,1-5H3,(H,26,30). The molecule has 0 radical (unpaired) electrons. The molecule has 0 aliphatic heterocycles. The molecule has 180 valence electrons. The van der Waals surface area contributed by atoms with E-state index in [2.05, 4.69) is 5.32 Å². The average Bonchev–Trinajstić information content (AvgIpc) is 2.71. The highest BCUT2D eigenvalue weighted by atomic mass is 35.5. The molecule has 0 saturated heterocycles. The summed E-state index contributed by atoms with van der Waals surface area (Å²) in [4.78, 5) is 27.4. The number of sulfonamides is 1. The third-order valence-electron chi connectivity index (χ3n) is 5.28. The second-order valence-corrected chi connectivity index (χ2v) is 10.5. The first kappa shape index (κ1) is 27.0. The van der Waals surface area contributed by atoms with E-state index in [9.17, 15) is 18.0 Å². The Labute approximate surface area is 205 Å². The van der Waals surface area contributed by atoms with E-state index in [1.807, 2.05) is 6.07 Å². The number of hydrogen-bond donors (Lipinski definition) is 1. The summed E-state index contributed by atoms with van der Waals surface area (Å²) in [6, 6.07) is 9.46. The highest BCUT2D eigenvalue weighted by Gasteiger charge is 2.31. The van der Waals surface area contributed by atoms with Crippen LogP contribution >= 0.6 is 23.2 Å². The number of nitrogens with zero attached hydrogens (tertiary/aromatic N) is 2. The fraction of sp³-hybridized carbons (Fsp3) is 0.391. The lowest BCUT2D eigenvalue weighted by Crippen LogP contribution is -2.51. The van der Waals surface area contributed by atoms with Gasteiger partial charge in [-0.1, -0.05) is 47.5 Å². The summed E-state index contributed by atoms with van der Waals surface area (Å²) in [5.41, 5.74) is 2.34. The predicted molar refractivity (Wildman–Crippen MR) is 133 cm³/mol. The lowest BCUT2D eigenvalue weighted by atomic mass is 10.1. The van der Waals surface area contributed by atoms with Gasteiger partial charge in [0.15, 0.2) is 0 Å². The fourth-order valence-electron chi connectivity index (χ4n) is 3.53. The molecule has 2 amide bonds. The lowest BCUT2D eigenvalue weighted by Gasteiger charge is -2.32. The largest absolute Gasteiger partial charge is 0.355 e. The summed E-state index contributed by atoms with van der Waals surface area (Å²) in [6.07, 6.45) is 1.05. The zero-order chi connectivity index (χ0) is 24.9. The van der Waals surface area contributed by atoms with Crippen molar-refractivity contribution in [1.29, 1.82) is 0 Å². The molecular weight excluding hydrogens is 485 g/mol. The number of nitrogens with one attached hydrogen (secondary N) is 1. The maximum Gasteiger partial charge on any atom is 0.244 e. The van der Waals surface area contributed by atoms with E-state index < -0.39 is 28.5 Å². The minimum Gasteiger partial charge on any atom is -0.355 e. The van der Waals surface area contributed by atoms with Crippen molar-refractivity contribution in [2.24, 2.45) is 0 Å². The Kier molecular flexibility index (Phi) is 9.17. The number of carbonyl (C=O) groups excluding carboxylic acids is 2. The van der Waals surface area contributed by atoms with E-state index in [0.717, 1.165) is 10.6 Å². The van der Waals surface area contributed by atoms with Crippen LogP contribution in [0.1, 0.15) is 30.5 Å². The van der Waals surface area contributed by atoms with Gasteiger partial charge in [0.25, 0.3) is 0 Å². The molecule has 1 N–H and O–H groups in total. The van der Waals surface area contributed by atoms with Crippen LogP contribution in [-0.4, -0.2) is 50.5 Å². The number of carbonyl (C=O) groups is 2. The van der Waals surface area contributed by atoms with Gasteiger partial charge in [-0.15, -0.1) is 0 Å². The van der Waals surface area contributed by atoms with Crippen molar-refractivity contribution in [2.45, 2.75) is 40.3 Å². The van der Waals surface area contributed by atoms with Crippen LogP contribution in [0.15, 0.2) is 36.4 Å². The lowest BCUT2D eigenvalue weighted by molar-refractivity contribution is -0.139. The van der Waals surface area contributed by atoms with E-state index in [-0.39, 0.29) is 12.5 Å². The van der Waals surface area contributed by atoms with Gasteiger partial charge in [-0.05, 0) is 51.0 Å². The number of anilines is 1. The second-order valence-electron chi connectivity index (χ2n) is 7.80. The summed E-state index contributed by atoms with van der Waals surface area (Å²) >= 11 is 12.6. The smallest absolute Gasteiger partial charge is 0.244 e. The third kappa shape index (κ3) is 6.62. The first-order chi connectivity index (χ1) is 15.4. The number of rotatable bonds is 9. The highest BCUT2D eigenvalue weighted by molar-refractivity contribution is 7.92. The van der Waals surface area contributed by atoms with Crippen molar-refractivity contribution in [3.63, 3.8) is 0 Å². The van der Waals surface area contributed by atoms with Crippen molar-refractivity contribution in [3.05, 3.63) is 63.1 Å². The minimum atomic E-state index is -3.80. The van der Waals surface area contributed by atoms with Crippen molar-refractivity contribution in [3.8, 4) is 0 Å². The third-order valence-corrected chi connectivity index (χ3v) is 7.10. The summed E-state index contributed by atoms with van der Waals surface area (Å²) in [6.45, 7) is 6.77. The van der Waals surface area contributed by atoms with Gasteiger partial charge >= 0.3 is 0 Å². The number of halogens is 2. The zero-order valence-corrected chi connectivity index (χ0v) is 21.7. The molecule has 2 aromatic carbocycles. The van der Waals surface area contributed by atoms with Crippen LogP contribution in [0.5, 0.6) is 0 Å². The molecule has 0 saturated carbocycles. The number of hydrogen-bond acceptors (Lipinski definition) is 4. The molecule has 1 atom stereocenters. The van der Waals surface area contributed by atoms with E-state index in [1.54, 1.807) is 58.0 Å². The Morgan fingerprint density at radius 3 is 2.03 bits per heavy atom. The van der Waals surface area contributed by atoms with Crippen molar-refractivity contribution in [1.82, 2.24) is 10.2 Å². The Morgan fingerprint density at radius 1 is 1.03 bits per heavy atom. The monoisotopic (exact) mass is 513 g/mol. The number of para-hydroxylation sites is 1. The van der Waals surface area contributed by atoms with Gasteiger partial charge in [0, 0.05) is 28.7 Å². The summed E-state index contributed by atoms with van der Waals surface area (Å²) in [5, 5.41) is 3.39. The zero-order valence-electron chi connectivity index (χ0n) is 19.4. The molecule has 0 spiro atoms. The molecule has 0 fully saturated rings. The summed E-state index contributed by atoms with van der Waals surface area (Å²) < 4.78 is 26.5. The van der Waals surface area contributed by atoms with Gasteiger partial charge in [-0.2, -0.15) is 0 Å². The van der Waals surface area contributed by atoms with E-state index >= 15 is 0 Å². The van der Waals surface area contributed by atoms with Crippen molar-refractivity contribution >= 4 is 50.7 Å². The van der Waals surface area contributed by atoms with E-state index in [1.165, 1.54) is 4.90 Å². The van der Waals surface area contributed by atoms with Crippen LogP contribution in [0.3, 0.4) is 0 Å². The maximum absolute atomic E-state index is 13.5. The van der Waals surface area contributed by atoms with Crippen LogP contribution in [0.25, 0.3) is 0 Å². The van der Waals surface area contributed by atoms with E-state index in [4.69, 9.17) is 23.2 Å². The molecule has 2 aromatic rings. The van der Waals surface area contributed by atoms with Gasteiger partial charge in [0.1, 0.15) is 12.6 Å². The average molecular weight is 514 g/mol. The fourth-order valence-corrected chi connectivity index (χ4v) is 5.01. The molecule has 0 bridgehead atoms. The normalized spacial score (nSPS) is 12.2. The molecule has 0 aliphatic carbocycles. The molecule has 0 heterocycles. The molecule has 0 aliphatic rings.